The maximum Gasteiger partial charge on any atom is 0.119 e. The smallest absolute Gasteiger partial charge is 0.119 e. The number of rotatable bonds is 8. The molecule has 0 atom stereocenters. The highest BCUT2D eigenvalue weighted by molar-refractivity contribution is 6.17. The number of methoxy groups -OCH3 is 1. The van der Waals surface area contributed by atoms with Crippen LogP contribution in [0.15, 0.2) is 30.5 Å². The van der Waals surface area contributed by atoms with Gasteiger partial charge in [0.15, 0.2) is 0 Å². The molecule has 0 fully saturated rings. The fourth-order valence-electron chi connectivity index (χ4n) is 1.74. The van der Waals surface area contributed by atoms with E-state index in [0.29, 0.717) is 19.0 Å². The monoisotopic (exact) mass is 295 g/mol. The first kappa shape index (κ1) is 14.7. The van der Waals surface area contributed by atoms with Gasteiger partial charge in [0.2, 0.25) is 0 Å². The van der Waals surface area contributed by atoms with Gasteiger partial charge in [-0.1, -0.05) is 5.21 Å². The second kappa shape index (κ2) is 7.75. The molecular weight excluding hydrogens is 278 g/mol. The van der Waals surface area contributed by atoms with Gasteiger partial charge in [-0.25, -0.2) is 4.68 Å². The lowest BCUT2D eigenvalue weighted by Gasteiger charge is -2.06. The number of alkyl halides is 1. The Balaban J connectivity index is 1.75. The molecule has 0 unspecified atom stereocenters. The molecule has 5 nitrogen and oxygen atoms in total. The van der Waals surface area contributed by atoms with Crippen LogP contribution in [0, 0.1) is 0 Å². The highest BCUT2D eigenvalue weighted by Gasteiger charge is 2.01. The van der Waals surface area contributed by atoms with Gasteiger partial charge >= 0.3 is 0 Å². The normalized spacial score (nSPS) is 10.5. The maximum absolute atomic E-state index is 5.65. The van der Waals surface area contributed by atoms with Crippen molar-refractivity contribution in [2.24, 2.45) is 0 Å². The molecule has 6 heteroatoms. The lowest BCUT2D eigenvalue weighted by molar-refractivity contribution is 0.289. The Morgan fingerprint density at radius 3 is 2.65 bits per heavy atom. The van der Waals surface area contributed by atoms with Crippen LogP contribution in [-0.4, -0.2) is 34.6 Å². The van der Waals surface area contributed by atoms with Crippen molar-refractivity contribution in [1.82, 2.24) is 15.0 Å². The van der Waals surface area contributed by atoms with Crippen LogP contribution in [0.2, 0.25) is 0 Å². The Hall–Kier alpha value is -1.75. The summed E-state index contributed by atoms with van der Waals surface area (Å²) in [5.41, 5.74) is 0.968. The molecule has 0 saturated carbocycles. The third-order valence-electron chi connectivity index (χ3n) is 2.80. The van der Waals surface area contributed by atoms with Gasteiger partial charge in [0.25, 0.3) is 0 Å². The Labute approximate surface area is 123 Å². The number of benzene rings is 1. The van der Waals surface area contributed by atoms with Gasteiger partial charge in [0.1, 0.15) is 18.1 Å². The van der Waals surface area contributed by atoms with E-state index in [4.69, 9.17) is 21.1 Å². The van der Waals surface area contributed by atoms with Crippen LogP contribution in [0.4, 0.5) is 0 Å². The van der Waals surface area contributed by atoms with Crippen LogP contribution in [-0.2, 0) is 13.0 Å². The molecule has 2 rings (SSSR count). The first-order valence-electron chi connectivity index (χ1n) is 6.53. The molecule has 0 spiro atoms. The predicted octanol–water partition coefficient (Wildman–Crippen LogP) is 2.54. The lowest BCUT2D eigenvalue weighted by Crippen LogP contribution is -2.08. The van der Waals surface area contributed by atoms with Crippen molar-refractivity contribution in [1.29, 1.82) is 0 Å². The first-order chi connectivity index (χ1) is 9.81. The van der Waals surface area contributed by atoms with Gasteiger partial charge in [0.05, 0.1) is 19.3 Å². The second-order valence-corrected chi connectivity index (χ2v) is 4.67. The number of halogens is 1. The second-order valence-electron chi connectivity index (χ2n) is 4.29. The average molecular weight is 296 g/mol. The number of aryl methyl sites for hydroxylation is 1. The van der Waals surface area contributed by atoms with E-state index in [2.05, 4.69) is 10.3 Å². The van der Waals surface area contributed by atoms with Gasteiger partial charge in [-0.3, -0.25) is 0 Å². The number of nitrogens with zero attached hydrogens (tertiary/aromatic N) is 3. The molecule has 20 heavy (non-hydrogen) atoms. The molecule has 0 amide bonds. The van der Waals surface area contributed by atoms with E-state index in [-0.39, 0.29) is 0 Å². The molecule has 0 bridgehead atoms. The maximum atomic E-state index is 5.65. The summed E-state index contributed by atoms with van der Waals surface area (Å²) in [7, 11) is 1.64. The number of ether oxygens (including phenoxy) is 2. The molecule has 0 radical (unpaired) electrons. The first-order valence-corrected chi connectivity index (χ1v) is 7.07. The third-order valence-corrected chi connectivity index (χ3v) is 3.07. The summed E-state index contributed by atoms with van der Waals surface area (Å²) in [5.74, 6) is 2.28. The summed E-state index contributed by atoms with van der Waals surface area (Å²) in [5, 5.41) is 8.14. The Kier molecular flexibility index (Phi) is 5.68. The van der Waals surface area contributed by atoms with Crippen molar-refractivity contribution < 1.29 is 9.47 Å². The van der Waals surface area contributed by atoms with Crippen molar-refractivity contribution in [3.63, 3.8) is 0 Å². The van der Waals surface area contributed by atoms with E-state index in [9.17, 15) is 0 Å². The molecule has 2 aromatic rings. The van der Waals surface area contributed by atoms with Gasteiger partial charge in [0, 0.05) is 12.1 Å². The van der Waals surface area contributed by atoms with Crippen LogP contribution in [0.25, 0.3) is 0 Å². The van der Waals surface area contributed by atoms with Crippen LogP contribution < -0.4 is 9.47 Å². The summed E-state index contributed by atoms with van der Waals surface area (Å²) in [6.45, 7) is 1.21. The summed E-state index contributed by atoms with van der Waals surface area (Å²) in [6.07, 6.45) is 3.72. The fraction of sp³-hybridized carbons (Fsp3) is 0.429. The number of hydrogen-bond acceptors (Lipinski definition) is 4. The molecule has 108 valence electrons. The molecule has 0 aliphatic rings. The lowest BCUT2D eigenvalue weighted by atomic mass is 10.3. The van der Waals surface area contributed by atoms with Crippen molar-refractivity contribution >= 4 is 11.6 Å². The van der Waals surface area contributed by atoms with E-state index in [1.54, 1.807) is 11.8 Å². The SMILES string of the molecule is COc1ccc(OCCn2cc(CCCCl)nn2)cc1. The van der Waals surface area contributed by atoms with E-state index in [0.717, 1.165) is 30.0 Å². The highest BCUT2D eigenvalue weighted by atomic mass is 35.5. The van der Waals surface area contributed by atoms with Gasteiger partial charge in [-0.2, -0.15) is 0 Å². The fourth-order valence-corrected chi connectivity index (χ4v) is 1.87. The summed E-state index contributed by atoms with van der Waals surface area (Å²) in [6, 6.07) is 7.50. The predicted molar refractivity (Wildman–Crippen MR) is 77.6 cm³/mol. The van der Waals surface area contributed by atoms with Gasteiger partial charge < -0.3 is 9.47 Å². The quantitative estimate of drug-likeness (QED) is 0.702. The zero-order valence-electron chi connectivity index (χ0n) is 11.5. The van der Waals surface area contributed by atoms with Crippen molar-refractivity contribution in [2.75, 3.05) is 19.6 Å². The summed E-state index contributed by atoms with van der Waals surface area (Å²) >= 11 is 5.65. The Bertz CT molecular complexity index is 513. The molecule has 1 aromatic heterocycles. The van der Waals surface area contributed by atoms with Crippen LogP contribution in [0.3, 0.4) is 0 Å². The van der Waals surface area contributed by atoms with Crippen LogP contribution >= 0.6 is 11.6 Å². The highest BCUT2D eigenvalue weighted by Crippen LogP contribution is 2.16. The van der Waals surface area contributed by atoms with Crippen LogP contribution in [0.1, 0.15) is 12.1 Å². The number of aromatic nitrogens is 3. The minimum Gasteiger partial charge on any atom is -0.497 e. The molecule has 0 aliphatic heterocycles. The van der Waals surface area contributed by atoms with Gasteiger partial charge in [-0.15, -0.1) is 16.7 Å². The van der Waals surface area contributed by atoms with E-state index in [1.807, 2.05) is 30.5 Å². The largest absolute Gasteiger partial charge is 0.497 e. The summed E-state index contributed by atoms with van der Waals surface area (Å²) < 4.78 is 12.5. The van der Waals surface area contributed by atoms with Crippen LogP contribution in [0.5, 0.6) is 11.5 Å². The zero-order valence-corrected chi connectivity index (χ0v) is 12.2. The topological polar surface area (TPSA) is 49.2 Å². The number of hydrogen-bond donors (Lipinski definition) is 0. The van der Waals surface area contributed by atoms with E-state index >= 15 is 0 Å². The zero-order chi connectivity index (χ0) is 14.2. The minimum atomic E-state index is 0.546. The summed E-state index contributed by atoms with van der Waals surface area (Å²) in [4.78, 5) is 0. The standard InChI is InChI=1S/C14H18ClN3O2/c1-19-13-4-6-14(7-5-13)20-10-9-18-11-12(16-17-18)3-2-8-15/h4-7,11H,2-3,8-10H2,1H3. The van der Waals surface area contributed by atoms with Gasteiger partial charge in [-0.05, 0) is 37.1 Å². The van der Waals surface area contributed by atoms with Crippen molar-refractivity contribution in [2.45, 2.75) is 19.4 Å². The molecule has 0 N–H and O–H groups in total. The Morgan fingerprint density at radius 1 is 1.20 bits per heavy atom. The molecule has 0 saturated heterocycles. The molecule has 1 heterocycles. The minimum absolute atomic E-state index is 0.546. The Morgan fingerprint density at radius 2 is 1.95 bits per heavy atom. The van der Waals surface area contributed by atoms with Crippen molar-refractivity contribution in [3.8, 4) is 11.5 Å². The molecule has 0 aliphatic carbocycles. The third kappa shape index (κ3) is 4.42. The van der Waals surface area contributed by atoms with E-state index in [1.165, 1.54) is 0 Å². The van der Waals surface area contributed by atoms with E-state index < -0.39 is 0 Å². The molecular formula is C14H18ClN3O2. The van der Waals surface area contributed by atoms with Crippen molar-refractivity contribution in [3.05, 3.63) is 36.2 Å². The molecule has 1 aromatic carbocycles. The average Bonchev–Trinajstić information content (AvgIpc) is 2.94.